The summed E-state index contributed by atoms with van der Waals surface area (Å²) in [6.07, 6.45) is 1.29. The molecule has 2 amide bonds. The minimum absolute atomic E-state index is 0.190. The van der Waals surface area contributed by atoms with Crippen LogP contribution in [0.25, 0.3) is 0 Å². The summed E-state index contributed by atoms with van der Waals surface area (Å²) in [5, 5.41) is 5.25. The van der Waals surface area contributed by atoms with Crippen molar-refractivity contribution in [3.8, 4) is 0 Å². The van der Waals surface area contributed by atoms with Gasteiger partial charge in [0, 0.05) is 0 Å². The van der Waals surface area contributed by atoms with Gasteiger partial charge in [-0.3, -0.25) is 9.59 Å². The predicted octanol–water partition coefficient (Wildman–Crippen LogP) is 0.962. The summed E-state index contributed by atoms with van der Waals surface area (Å²) in [6.45, 7) is -0.559. The second kappa shape index (κ2) is 6.31. The molecule has 4 nitrogen and oxygen atoms in total. The number of hydrogen-bond donors (Lipinski definition) is 2. The van der Waals surface area contributed by atoms with Gasteiger partial charge in [0.15, 0.2) is 0 Å². The molecular formula is C14H17FN2O2. The standard InChI is InChI=1S/C14H17FN2O2/c15-9-11-6-7-12(14(19)16-11)17-13(18)8-10-4-2-1-3-5-10/h1-5,11-12H,6-9H2,(H,16,19)(H,17,18). The van der Waals surface area contributed by atoms with Gasteiger partial charge >= 0.3 is 0 Å². The maximum atomic E-state index is 12.4. The number of benzene rings is 1. The Kier molecular flexibility index (Phi) is 4.49. The van der Waals surface area contributed by atoms with E-state index in [1.54, 1.807) is 0 Å². The van der Waals surface area contributed by atoms with Crippen LogP contribution in [0.5, 0.6) is 0 Å². The first kappa shape index (κ1) is 13.5. The third kappa shape index (κ3) is 3.77. The zero-order valence-electron chi connectivity index (χ0n) is 10.6. The smallest absolute Gasteiger partial charge is 0.242 e. The minimum atomic E-state index is -0.559. The van der Waals surface area contributed by atoms with Crippen LogP contribution in [0.3, 0.4) is 0 Å². The molecule has 1 saturated heterocycles. The fraction of sp³-hybridized carbons (Fsp3) is 0.429. The second-order valence-electron chi connectivity index (χ2n) is 4.72. The van der Waals surface area contributed by atoms with E-state index in [-0.39, 0.29) is 18.2 Å². The Labute approximate surface area is 111 Å². The van der Waals surface area contributed by atoms with Crippen LogP contribution in [0.1, 0.15) is 18.4 Å². The van der Waals surface area contributed by atoms with Crippen LogP contribution < -0.4 is 10.6 Å². The molecule has 5 heteroatoms. The number of amides is 2. The number of rotatable bonds is 4. The predicted molar refractivity (Wildman–Crippen MR) is 69.2 cm³/mol. The largest absolute Gasteiger partial charge is 0.349 e. The average Bonchev–Trinajstić information content (AvgIpc) is 2.42. The molecule has 1 fully saturated rings. The van der Waals surface area contributed by atoms with Gasteiger partial charge in [-0.15, -0.1) is 0 Å². The van der Waals surface area contributed by atoms with Gasteiger partial charge in [-0.05, 0) is 18.4 Å². The van der Waals surface area contributed by atoms with Crippen LogP contribution in [-0.2, 0) is 16.0 Å². The lowest BCUT2D eigenvalue weighted by Gasteiger charge is -2.28. The van der Waals surface area contributed by atoms with Gasteiger partial charge in [-0.25, -0.2) is 4.39 Å². The van der Waals surface area contributed by atoms with E-state index in [2.05, 4.69) is 10.6 Å². The molecule has 2 N–H and O–H groups in total. The summed E-state index contributed by atoms with van der Waals surface area (Å²) < 4.78 is 12.4. The maximum absolute atomic E-state index is 12.4. The molecule has 1 aliphatic heterocycles. The summed E-state index contributed by atoms with van der Waals surface area (Å²) in [4.78, 5) is 23.5. The zero-order chi connectivity index (χ0) is 13.7. The molecule has 0 aromatic heterocycles. The Balaban J connectivity index is 1.84. The highest BCUT2D eigenvalue weighted by molar-refractivity contribution is 5.89. The number of carbonyl (C=O) groups is 2. The van der Waals surface area contributed by atoms with Crippen molar-refractivity contribution in [3.05, 3.63) is 35.9 Å². The molecule has 1 heterocycles. The molecular weight excluding hydrogens is 247 g/mol. The summed E-state index contributed by atoms with van der Waals surface area (Å²) in [7, 11) is 0. The number of hydrogen-bond acceptors (Lipinski definition) is 2. The summed E-state index contributed by atoms with van der Waals surface area (Å²) in [5.74, 6) is -0.486. The fourth-order valence-electron chi connectivity index (χ4n) is 2.15. The Morgan fingerprint density at radius 1 is 1.32 bits per heavy atom. The number of halogens is 1. The van der Waals surface area contributed by atoms with Crippen LogP contribution in [0, 0.1) is 0 Å². The monoisotopic (exact) mass is 264 g/mol. The fourth-order valence-corrected chi connectivity index (χ4v) is 2.15. The Morgan fingerprint density at radius 3 is 2.68 bits per heavy atom. The van der Waals surface area contributed by atoms with Crippen LogP contribution in [-0.4, -0.2) is 30.6 Å². The van der Waals surface area contributed by atoms with E-state index in [0.29, 0.717) is 12.8 Å². The van der Waals surface area contributed by atoms with E-state index in [4.69, 9.17) is 0 Å². The summed E-state index contributed by atoms with van der Waals surface area (Å²) in [5.41, 5.74) is 0.901. The first-order chi connectivity index (χ1) is 9.19. The molecule has 0 saturated carbocycles. The van der Waals surface area contributed by atoms with Crippen LogP contribution >= 0.6 is 0 Å². The molecule has 1 aromatic rings. The molecule has 1 aromatic carbocycles. The average molecular weight is 264 g/mol. The van der Waals surface area contributed by atoms with E-state index < -0.39 is 18.8 Å². The Bertz CT molecular complexity index is 450. The van der Waals surface area contributed by atoms with Gasteiger partial charge in [-0.2, -0.15) is 0 Å². The summed E-state index contributed by atoms with van der Waals surface area (Å²) >= 11 is 0. The quantitative estimate of drug-likeness (QED) is 0.851. The molecule has 0 radical (unpaired) electrons. The van der Waals surface area contributed by atoms with Gasteiger partial charge < -0.3 is 10.6 Å². The van der Waals surface area contributed by atoms with Crippen LogP contribution in [0.4, 0.5) is 4.39 Å². The highest BCUT2D eigenvalue weighted by Gasteiger charge is 2.28. The van der Waals surface area contributed by atoms with Crippen molar-refractivity contribution < 1.29 is 14.0 Å². The molecule has 19 heavy (non-hydrogen) atoms. The lowest BCUT2D eigenvalue weighted by atomic mass is 10.0. The molecule has 1 aliphatic rings. The van der Waals surface area contributed by atoms with Gasteiger partial charge in [0.2, 0.25) is 11.8 Å². The van der Waals surface area contributed by atoms with Crippen molar-refractivity contribution >= 4 is 11.8 Å². The third-order valence-electron chi connectivity index (χ3n) is 3.20. The molecule has 102 valence electrons. The van der Waals surface area contributed by atoms with Crippen LogP contribution in [0.2, 0.25) is 0 Å². The number of alkyl halides is 1. The minimum Gasteiger partial charge on any atom is -0.349 e. The van der Waals surface area contributed by atoms with Gasteiger partial charge in [-0.1, -0.05) is 30.3 Å². The first-order valence-corrected chi connectivity index (χ1v) is 6.38. The maximum Gasteiger partial charge on any atom is 0.242 e. The van der Waals surface area contributed by atoms with Crippen LogP contribution in [0.15, 0.2) is 30.3 Å². The lowest BCUT2D eigenvalue weighted by Crippen LogP contribution is -2.54. The molecule has 2 unspecified atom stereocenters. The zero-order valence-corrected chi connectivity index (χ0v) is 10.6. The summed E-state index contributed by atoms with van der Waals surface area (Å²) in [6, 6.07) is 8.38. The van der Waals surface area contributed by atoms with E-state index in [1.165, 1.54) is 0 Å². The normalized spacial score (nSPS) is 22.7. The lowest BCUT2D eigenvalue weighted by molar-refractivity contribution is -0.130. The third-order valence-corrected chi connectivity index (χ3v) is 3.20. The number of piperidine rings is 1. The van der Waals surface area contributed by atoms with Crippen molar-refractivity contribution in [1.29, 1.82) is 0 Å². The van der Waals surface area contributed by atoms with Crippen molar-refractivity contribution in [2.75, 3.05) is 6.67 Å². The van der Waals surface area contributed by atoms with E-state index in [1.807, 2.05) is 30.3 Å². The Hall–Kier alpha value is -1.91. The van der Waals surface area contributed by atoms with Crippen molar-refractivity contribution in [3.63, 3.8) is 0 Å². The number of carbonyl (C=O) groups excluding carboxylic acids is 2. The van der Waals surface area contributed by atoms with E-state index in [9.17, 15) is 14.0 Å². The van der Waals surface area contributed by atoms with E-state index >= 15 is 0 Å². The molecule has 0 aliphatic carbocycles. The second-order valence-corrected chi connectivity index (χ2v) is 4.72. The first-order valence-electron chi connectivity index (χ1n) is 6.38. The van der Waals surface area contributed by atoms with Gasteiger partial charge in [0.1, 0.15) is 12.7 Å². The van der Waals surface area contributed by atoms with Gasteiger partial charge in [0.05, 0.1) is 12.5 Å². The van der Waals surface area contributed by atoms with Crippen molar-refractivity contribution in [1.82, 2.24) is 10.6 Å². The van der Waals surface area contributed by atoms with Crippen molar-refractivity contribution in [2.45, 2.75) is 31.3 Å². The van der Waals surface area contributed by atoms with Gasteiger partial charge in [0.25, 0.3) is 0 Å². The Morgan fingerprint density at radius 2 is 2.05 bits per heavy atom. The highest BCUT2D eigenvalue weighted by Crippen LogP contribution is 2.10. The van der Waals surface area contributed by atoms with E-state index in [0.717, 1.165) is 5.56 Å². The van der Waals surface area contributed by atoms with Crippen molar-refractivity contribution in [2.24, 2.45) is 0 Å². The molecule has 0 spiro atoms. The highest BCUT2D eigenvalue weighted by atomic mass is 19.1. The molecule has 2 rings (SSSR count). The molecule has 2 atom stereocenters. The topological polar surface area (TPSA) is 58.2 Å². The SMILES string of the molecule is O=C(Cc1ccccc1)NC1CCC(CF)NC1=O. The molecule has 0 bridgehead atoms. The number of nitrogens with one attached hydrogen (secondary N) is 2.